The Balaban J connectivity index is 2.54. The summed E-state index contributed by atoms with van der Waals surface area (Å²) in [7, 11) is 3.06. The Hall–Kier alpha value is -1.34. The molecule has 0 aromatic rings. The first-order chi connectivity index (χ1) is 11.0. The van der Waals surface area contributed by atoms with E-state index in [4.69, 9.17) is 14.3 Å². The number of ether oxygens (including phenoxy) is 2. The summed E-state index contributed by atoms with van der Waals surface area (Å²) >= 11 is 0. The summed E-state index contributed by atoms with van der Waals surface area (Å²) < 4.78 is 11.3. The maximum absolute atomic E-state index is 12.5. The number of nitrogens with zero attached hydrogens (tertiary/aromatic N) is 2. The fourth-order valence-electron chi connectivity index (χ4n) is 2.69. The molecule has 1 saturated heterocycles. The van der Waals surface area contributed by atoms with E-state index in [2.05, 4.69) is 0 Å². The average Bonchev–Trinajstić information content (AvgIpc) is 2.75. The fourth-order valence-corrected chi connectivity index (χ4v) is 2.69. The van der Waals surface area contributed by atoms with Gasteiger partial charge in [0.15, 0.2) is 0 Å². The summed E-state index contributed by atoms with van der Waals surface area (Å²) in [4.78, 5) is 30.7. The van der Waals surface area contributed by atoms with Crippen molar-refractivity contribution in [1.29, 1.82) is 0 Å². The molecule has 1 heterocycles. The van der Waals surface area contributed by atoms with Gasteiger partial charge in [-0.2, -0.15) is 0 Å². The van der Waals surface area contributed by atoms with Crippen molar-refractivity contribution in [2.45, 2.75) is 77.7 Å². The molecule has 140 valence electrons. The third-order valence-electron chi connectivity index (χ3n) is 3.97. The number of hydrogen-bond acceptors (Lipinski definition) is 5. The molecule has 1 fully saturated rings. The second-order valence-corrected chi connectivity index (χ2v) is 7.58. The number of hydroxylamine groups is 2. The number of rotatable bonds is 6. The van der Waals surface area contributed by atoms with Crippen LogP contribution in [-0.4, -0.2) is 60.1 Å². The summed E-state index contributed by atoms with van der Waals surface area (Å²) in [6.07, 6.45) is 2.41. The lowest BCUT2D eigenvalue weighted by Crippen LogP contribution is -2.49. The number of amides is 2. The maximum Gasteiger partial charge on any atom is 0.412 e. The molecular weight excluding hydrogens is 312 g/mol. The van der Waals surface area contributed by atoms with E-state index in [0.717, 1.165) is 19.3 Å². The van der Waals surface area contributed by atoms with Crippen LogP contribution < -0.4 is 0 Å². The van der Waals surface area contributed by atoms with E-state index in [-0.39, 0.29) is 18.0 Å². The highest BCUT2D eigenvalue weighted by Gasteiger charge is 2.45. The Bertz CT molecular complexity index is 445. The Morgan fingerprint density at radius 2 is 1.92 bits per heavy atom. The van der Waals surface area contributed by atoms with Gasteiger partial charge in [-0.3, -0.25) is 14.5 Å². The van der Waals surface area contributed by atoms with Crippen LogP contribution in [0.25, 0.3) is 0 Å². The SMILES string of the molecule is CON(C)C(=O)CCCCC1COC(C)(C)N1C(=O)OC(C)(C)C. The molecule has 1 aliphatic rings. The van der Waals surface area contributed by atoms with Gasteiger partial charge in [-0.1, -0.05) is 6.42 Å². The topological polar surface area (TPSA) is 68.3 Å². The Morgan fingerprint density at radius 3 is 2.46 bits per heavy atom. The zero-order valence-electron chi connectivity index (χ0n) is 16.0. The summed E-state index contributed by atoms with van der Waals surface area (Å²) in [5.74, 6) is -0.0514. The van der Waals surface area contributed by atoms with Crippen molar-refractivity contribution < 1.29 is 23.9 Å². The minimum absolute atomic E-state index is 0.0369. The van der Waals surface area contributed by atoms with Crippen molar-refractivity contribution >= 4 is 12.0 Å². The Labute approximate surface area is 145 Å². The Kier molecular flexibility index (Phi) is 7.04. The zero-order chi connectivity index (χ0) is 18.5. The molecule has 1 atom stereocenters. The van der Waals surface area contributed by atoms with Crippen molar-refractivity contribution in [3.63, 3.8) is 0 Å². The van der Waals surface area contributed by atoms with Gasteiger partial charge < -0.3 is 9.47 Å². The summed E-state index contributed by atoms with van der Waals surface area (Å²) in [5, 5.41) is 1.23. The first-order valence-electron chi connectivity index (χ1n) is 8.45. The van der Waals surface area contributed by atoms with Crippen LogP contribution in [-0.2, 0) is 19.1 Å². The second kappa shape index (κ2) is 8.16. The summed E-state index contributed by atoms with van der Waals surface area (Å²) in [6.45, 7) is 9.77. The number of carbonyl (C=O) groups excluding carboxylic acids is 2. The molecule has 1 rings (SSSR count). The normalized spacial score (nSPS) is 20.1. The van der Waals surface area contributed by atoms with Crippen molar-refractivity contribution in [1.82, 2.24) is 9.96 Å². The Morgan fingerprint density at radius 1 is 1.29 bits per heavy atom. The largest absolute Gasteiger partial charge is 0.444 e. The van der Waals surface area contributed by atoms with E-state index in [0.29, 0.717) is 13.0 Å². The third-order valence-corrected chi connectivity index (χ3v) is 3.97. The fraction of sp³-hybridized carbons (Fsp3) is 0.882. The monoisotopic (exact) mass is 344 g/mol. The van der Waals surface area contributed by atoms with E-state index >= 15 is 0 Å². The van der Waals surface area contributed by atoms with Gasteiger partial charge in [-0.25, -0.2) is 9.86 Å². The van der Waals surface area contributed by atoms with Crippen LogP contribution in [0.5, 0.6) is 0 Å². The van der Waals surface area contributed by atoms with E-state index in [9.17, 15) is 9.59 Å². The van der Waals surface area contributed by atoms with Crippen molar-refractivity contribution in [3.8, 4) is 0 Å². The van der Waals surface area contributed by atoms with Crippen LogP contribution >= 0.6 is 0 Å². The average molecular weight is 344 g/mol. The van der Waals surface area contributed by atoms with Crippen LogP contribution in [0.2, 0.25) is 0 Å². The van der Waals surface area contributed by atoms with Crippen molar-refractivity contribution in [2.75, 3.05) is 20.8 Å². The van der Waals surface area contributed by atoms with E-state index in [1.165, 1.54) is 12.2 Å². The van der Waals surface area contributed by atoms with Crippen LogP contribution in [0.3, 0.4) is 0 Å². The van der Waals surface area contributed by atoms with Gasteiger partial charge in [0.2, 0.25) is 5.91 Å². The van der Waals surface area contributed by atoms with Gasteiger partial charge in [-0.05, 0) is 47.5 Å². The lowest BCUT2D eigenvalue weighted by atomic mass is 10.1. The minimum atomic E-state index is -0.681. The van der Waals surface area contributed by atoms with E-state index in [1.807, 2.05) is 34.6 Å². The second-order valence-electron chi connectivity index (χ2n) is 7.58. The van der Waals surface area contributed by atoms with E-state index in [1.54, 1.807) is 11.9 Å². The van der Waals surface area contributed by atoms with Gasteiger partial charge >= 0.3 is 6.09 Å². The van der Waals surface area contributed by atoms with Crippen LogP contribution in [0.4, 0.5) is 4.79 Å². The van der Waals surface area contributed by atoms with Crippen LogP contribution in [0, 0.1) is 0 Å². The third kappa shape index (κ3) is 5.94. The predicted molar refractivity (Wildman–Crippen MR) is 90.1 cm³/mol. The molecule has 24 heavy (non-hydrogen) atoms. The van der Waals surface area contributed by atoms with Crippen molar-refractivity contribution in [3.05, 3.63) is 0 Å². The maximum atomic E-state index is 12.5. The van der Waals surface area contributed by atoms with E-state index < -0.39 is 11.3 Å². The summed E-state index contributed by atoms with van der Waals surface area (Å²) in [5.41, 5.74) is -1.23. The lowest BCUT2D eigenvalue weighted by molar-refractivity contribution is -0.168. The van der Waals surface area contributed by atoms with Gasteiger partial charge in [0.1, 0.15) is 11.3 Å². The van der Waals surface area contributed by atoms with Gasteiger partial charge in [0.25, 0.3) is 0 Å². The number of unbranched alkanes of at least 4 members (excludes halogenated alkanes) is 1. The number of hydrogen-bond donors (Lipinski definition) is 0. The molecule has 7 nitrogen and oxygen atoms in total. The molecule has 0 spiro atoms. The minimum Gasteiger partial charge on any atom is -0.444 e. The van der Waals surface area contributed by atoms with Crippen LogP contribution in [0.1, 0.15) is 60.3 Å². The quantitative estimate of drug-likeness (QED) is 0.547. The zero-order valence-corrected chi connectivity index (χ0v) is 16.0. The van der Waals surface area contributed by atoms with Crippen molar-refractivity contribution in [2.24, 2.45) is 0 Å². The molecule has 0 saturated carbocycles. The lowest BCUT2D eigenvalue weighted by Gasteiger charge is -2.35. The predicted octanol–water partition coefficient (Wildman–Crippen LogP) is 2.94. The standard InChI is InChI=1S/C17H32N2O5/c1-16(2,3)24-15(21)19-13(12-23-17(19,4)5)10-8-9-11-14(20)18(6)22-7/h13H,8-12H2,1-7H3. The molecule has 0 aliphatic carbocycles. The molecule has 7 heteroatoms. The molecule has 0 N–H and O–H groups in total. The highest BCUT2D eigenvalue weighted by molar-refractivity contribution is 5.74. The highest BCUT2D eigenvalue weighted by Crippen LogP contribution is 2.31. The highest BCUT2D eigenvalue weighted by atomic mass is 16.7. The molecule has 0 bridgehead atoms. The van der Waals surface area contributed by atoms with Gasteiger partial charge in [-0.15, -0.1) is 0 Å². The first kappa shape index (κ1) is 20.7. The summed E-state index contributed by atoms with van der Waals surface area (Å²) in [6, 6.07) is -0.0369. The molecular formula is C17H32N2O5. The molecule has 1 unspecified atom stereocenters. The molecule has 2 amide bonds. The first-order valence-corrected chi connectivity index (χ1v) is 8.45. The molecule has 1 aliphatic heterocycles. The van der Waals surface area contributed by atoms with Gasteiger partial charge in [0, 0.05) is 13.5 Å². The molecule has 0 aromatic heterocycles. The smallest absolute Gasteiger partial charge is 0.412 e. The van der Waals surface area contributed by atoms with Gasteiger partial charge in [0.05, 0.1) is 19.8 Å². The van der Waals surface area contributed by atoms with Crippen LogP contribution in [0.15, 0.2) is 0 Å². The number of carbonyl (C=O) groups is 2. The molecule has 0 radical (unpaired) electrons. The molecule has 0 aromatic carbocycles.